The van der Waals surface area contributed by atoms with Gasteiger partial charge in [-0.15, -0.1) is 0 Å². The van der Waals surface area contributed by atoms with E-state index >= 15 is 0 Å². The topological polar surface area (TPSA) is 73.6 Å². The lowest BCUT2D eigenvalue weighted by molar-refractivity contribution is -0.119. The van der Waals surface area contributed by atoms with Crippen molar-refractivity contribution in [3.05, 3.63) is 24.3 Å². The van der Waals surface area contributed by atoms with Crippen molar-refractivity contribution in [1.29, 1.82) is 0 Å². The van der Waals surface area contributed by atoms with Gasteiger partial charge >= 0.3 is 0 Å². The van der Waals surface area contributed by atoms with Crippen molar-refractivity contribution in [3.8, 4) is 5.75 Å². The Morgan fingerprint density at radius 2 is 2.25 bits per heavy atom. The van der Waals surface area contributed by atoms with Gasteiger partial charge in [0.05, 0.1) is 6.10 Å². The number of nitrogens with two attached hydrogens (primary N) is 1. The lowest BCUT2D eigenvalue weighted by Crippen LogP contribution is -2.26. The lowest BCUT2D eigenvalue weighted by Gasteiger charge is -2.13. The highest BCUT2D eigenvalue weighted by molar-refractivity contribution is 5.92. The average Bonchev–Trinajstić information content (AvgIpc) is 2.99. The fourth-order valence-corrected chi connectivity index (χ4v) is 1.97. The van der Waals surface area contributed by atoms with Crippen molar-refractivity contribution in [1.82, 2.24) is 0 Å². The van der Waals surface area contributed by atoms with E-state index in [1.165, 1.54) is 0 Å². The van der Waals surface area contributed by atoms with Gasteiger partial charge in [-0.25, -0.2) is 0 Å². The summed E-state index contributed by atoms with van der Waals surface area (Å²) in [6, 6.07) is 7.34. The molecule has 110 valence electrons. The van der Waals surface area contributed by atoms with Gasteiger partial charge in [-0.05, 0) is 37.1 Å². The number of hydrogen-bond acceptors (Lipinski definition) is 4. The Morgan fingerprint density at radius 3 is 2.85 bits per heavy atom. The van der Waals surface area contributed by atoms with Crippen molar-refractivity contribution >= 4 is 11.6 Å². The number of nitrogens with one attached hydrogen (secondary N) is 1. The van der Waals surface area contributed by atoms with Gasteiger partial charge in [0, 0.05) is 24.8 Å². The quantitative estimate of drug-likeness (QED) is 0.832. The van der Waals surface area contributed by atoms with Gasteiger partial charge < -0.3 is 20.5 Å². The Morgan fingerprint density at radius 1 is 1.50 bits per heavy atom. The largest absolute Gasteiger partial charge is 0.491 e. The van der Waals surface area contributed by atoms with Crippen molar-refractivity contribution in [2.45, 2.75) is 25.9 Å². The van der Waals surface area contributed by atoms with Crippen LogP contribution < -0.4 is 15.8 Å². The Hall–Kier alpha value is -1.59. The van der Waals surface area contributed by atoms with Gasteiger partial charge in [-0.3, -0.25) is 4.79 Å². The number of amides is 1. The van der Waals surface area contributed by atoms with Crippen LogP contribution in [0.25, 0.3) is 0 Å². The number of ether oxygens (including phenoxy) is 2. The van der Waals surface area contributed by atoms with Crippen LogP contribution in [0.3, 0.4) is 0 Å². The predicted molar refractivity (Wildman–Crippen MR) is 77.8 cm³/mol. The van der Waals surface area contributed by atoms with Crippen LogP contribution in [-0.4, -0.2) is 31.8 Å². The molecule has 1 aromatic rings. The van der Waals surface area contributed by atoms with E-state index < -0.39 is 0 Å². The van der Waals surface area contributed by atoms with Gasteiger partial charge in [0.1, 0.15) is 12.4 Å². The second-order valence-electron chi connectivity index (χ2n) is 5.10. The van der Waals surface area contributed by atoms with Crippen LogP contribution in [-0.2, 0) is 9.53 Å². The number of rotatable bonds is 6. The Balaban J connectivity index is 1.81. The molecule has 1 aromatic carbocycles. The van der Waals surface area contributed by atoms with Crippen LogP contribution in [0.15, 0.2) is 24.3 Å². The molecule has 1 heterocycles. The number of benzene rings is 1. The van der Waals surface area contributed by atoms with E-state index in [9.17, 15) is 4.79 Å². The van der Waals surface area contributed by atoms with E-state index in [1.807, 2.05) is 24.3 Å². The normalized spacial score (nSPS) is 19.6. The molecule has 1 aliphatic rings. The van der Waals surface area contributed by atoms with Crippen LogP contribution in [0.2, 0.25) is 0 Å². The minimum Gasteiger partial charge on any atom is -0.491 e. The van der Waals surface area contributed by atoms with Crippen LogP contribution in [0.1, 0.15) is 19.8 Å². The van der Waals surface area contributed by atoms with E-state index in [4.69, 9.17) is 15.2 Å². The molecule has 2 unspecified atom stereocenters. The summed E-state index contributed by atoms with van der Waals surface area (Å²) in [4.78, 5) is 11.7. The first-order valence-electron chi connectivity index (χ1n) is 7.04. The van der Waals surface area contributed by atoms with Crippen LogP contribution in [0.5, 0.6) is 5.75 Å². The molecule has 1 aliphatic heterocycles. The number of carbonyl (C=O) groups excluding carboxylic acids is 1. The first-order valence-corrected chi connectivity index (χ1v) is 7.04. The molecule has 1 fully saturated rings. The summed E-state index contributed by atoms with van der Waals surface area (Å²) in [5.74, 6) is 0.524. The molecule has 0 saturated carbocycles. The van der Waals surface area contributed by atoms with E-state index in [-0.39, 0.29) is 17.9 Å². The minimum atomic E-state index is -0.189. The highest BCUT2D eigenvalue weighted by atomic mass is 16.5. The molecule has 5 heteroatoms. The summed E-state index contributed by atoms with van der Waals surface area (Å²) in [7, 11) is 0. The monoisotopic (exact) mass is 278 g/mol. The molecule has 1 amide bonds. The number of hydrogen-bond donors (Lipinski definition) is 2. The molecule has 20 heavy (non-hydrogen) atoms. The fourth-order valence-electron chi connectivity index (χ4n) is 1.97. The maximum atomic E-state index is 11.7. The summed E-state index contributed by atoms with van der Waals surface area (Å²) in [6.07, 6.45) is 2.38. The summed E-state index contributed by atoms with van der Waals surface area (Å²) in [5, 5.41) is 2.82. The molecule has 5 nitrogen and oxygen atoms in total. The van der Waals surface area contributed by atoms with Gasteiger partial charge in [-0.2, -0.15) is 0 Å². The van der Waals surface area contributed by atoms with Crippen molar-refractivity contribution in [3.63, 3.8) is 0 Å². The summed E-state index contributed by atoms with van der Waals surface area (Å²) in [6.45, 7) is 3.55. The standard InChI is InChI=1S/C15H22N2O3/c1-11(9-16)15(18)17-12-4-6-13(7-5-12)20-10-14-3-2-8-19-14/h4-7,11,14H,2-3,8-10,16H2,1H3,(H,17,18). The molecular formula is C15H22N2O3. The third kappa shape index (κ3) is 4.21. The Kier molecular flexibility index (Phi) is 5.38. The minimum absolute atomic E-state index is 0.0690. The van der Waals surface area contributed by atoms with Gasteiger partial charge in [-0.1, -0.05) is 6.92 Å². The molecule has 3 N–H and O–H groups in total. The van der Waals surface area contributed by atoms with Crippen LogP contribution in [0, 0.1) is 5.92 Å². The van der Waals surface area contributed by atoms with Crippen molar-refractivity contribution < 1.29 is 14.3 Å². The summed E-state index contributed by atoms with van der Waals surface area (Å²) in [5.41, 5.74) is 6.21. The molecule has 0 bridgehead atoms. The molecule has 0 radical (unpaired) electrons. The number of anilines is 1. The second kappa shape index (κ2) is 7.26. The highest BCUT2D eigenvalue weighted by Crippen LogP contribution is 2.18. The SMILES string of the molecule is CC(CN)C(=O)Nc1ccc(OCC2CCCO2)cc1. The maximum Gasteiger partial charge on any atom is 0.228 e. The molecule has 0 aromatic heterocycles. The van der Waals surface area contributed by atoms with Gasteiger partial charge in [0.2, 0.25) is 5.91 Å². The molecule has 0 aliphatic carbocycles. The Bertz CT molecular complexity index is 427. The Labute approximate surface area is 119 Å². The van der Waals surface area contributed by atoms with E-state index in [0.717, 1.165) is 30.9 Å². The second-order valence-corrected chi connectivity index (χ2v) is 5.10. The first-order chi connectivity index (χ1) is 9.69. The third-order valence-electron chi connectivity index (χ3n) is 3.38. The summed E-state index contributed by atoms with van der Waals surface area (Å²) >= 11 is 0. The molecule has 0 spiro atoms. The smallest absolute Gasteiger partial charge is 0.228 e. The first kappa shape index (κ1) is 14.8. The zero-order chi connectivity index (χ0) is 14.4. The van der Waals surface area contributed by atoms with E-state index in [2.05, 4.69) is 5.32 Å². The van der Waals surface area contributed by atoms with Gasteiger partial charge in [0.15, 0.2) is 0 Å². The molecule has 2 rings (SSSR count). The van der Waals surface area contributed by atoms with Crippen molar-refractivity contribution in [2.24, 2.45) is 11.7 Å². The van der Waals surface area contributed by atoms with Crippen LogP contribution in [0.4, 0.5) is 5.69 Å². The lowest BCUT2D eigenvalue weighted by atomic mass is 10.1. The fraction of sp³-hybridized carbons (Fsp3) is 0.533. The van der Waals surface area contributed by atoms with Crippen molar-refractivity contribution in [2.75, 3.05) is 25.1 Å². The summed E-state index contributed by atoms with van der Waals surface area (Å²) < 4.78 is 11.2. The number of carbonyl (C=O) groups is 1. The van der Waals surface area contributed by atoms with Gasteiger partial charge in [0.25, 0.3) is 0 Å². The average molecular weight is 278 g/mol. The molecule has 2 atom stereocenters. The zero-order valence-electron chi connectivity index (χ0n) is 11.8. The van der Waals surface area contributed by atoms with E-state index in [1.54, 1.807) is 6.92 Å². The maximum absolute atomic E-state index is 11.7. The zero-order valence-corrected chi connectivity index (χ0v) is 11.8. The molecule has 1 saturated heterocycles. The third-order valence-corrected chi connectivity index (χ3v) is 3.38. The highest BCUT2D eigenvalue weighted by Gasteiger charge is 2.16. The molecular weight excluding hydrogens is 256 g/mol. The van der Waals surface area contributed by atoms with Crippen LogP contribution >= 0.6 is 0 Å². The predicted octanol–water partition coefficient (Wildman–Crippen LogP) is 1.78. The van der Waals surface area contributed by atoms with E-state index in [0.29, 0.717) is 13.2 Å².